The van der Waals surface area contributed by atoms with Crippen molar-refractivity contribution in [3.63, 3.8) is 0 Å². The van der Waals surface area contributed by atoms with Gasteiger partial charge in [-0.05, 0) is 19.9 Å². The highest BCUT2D eigenvalue weighted by Crippen LogP contribution is 2.29. The Balaban J connectivity index is 5.36. The lowest BCUT2D eigenvalue weighted by Crippen LogP contribution is -2.55. The van der Waals surface area contributed by atoms with Crippen molar-refractivity contribution in [3.8, 4) is 0 Å². The molecule has 94 valence electrons. The standard InChI is InChI=1S/C10H21NO4Si/c1-7(8(11)12)6-10(16,15-5)9(2,13-3)14-4/h6H,1-5,16H3,(H2,11,12). The van der Waals surface area contributed by atoms with E-state index in [2.05, 4.69) is 0 Å². The van der Waals surface area contributed by atoms with Crippen molar-refractivity contribution < 1.29 is 19.0 Å². The summed E-state index contributed by atoms with van der Waals surface area (Å²) in [5, 5.41) is -0.768. The molecule has 0 radical (unpaired) electrons. The third kappa shape index (κ3) is 2.91. The van der Waals surface area contributed by atoms with E-state index in [1.54, 1.807) is 27.0 Å². The largest absolute Gasteiger partial charge is 0.373 e. The monoisotopic (exact) mass is 247 g/mol. The summed E-state index contributed by atoms with van der Waals surface area (Å²) in [6, 6.07) is 0. The molecule has 1 atom stereocenters. The summed E-state index contributed by atoms with van der Waals surface area (Å²) in [5.41, 5.74) is 5.62. The molecule has 0 aliphatic carbocycles. The quantitative estimate of drug-likeness (QED) is 0.376. The maximum Gasteiger partial charge on any atom is 0.244 e. The fourth-order valence-electron chi connectivity index (χ4n) is 1.35. The van der Waals surface area contributed by atoms with Gasteiger partial charge >= 0.3 is 0 Å². The third-order valence-electron chi connectivity index (χ3n) is 2.99. The first-order valence-electron chi connectivity index (χ1n) is 4.91. The van der Waals surface area contributed by atoms with E-state index in [1.807, 2.05) is 0 Å². The summed E-state index contributed by atoms with van der Waals surface area (Å²) in [5.74, 6) is -1.42. The molecule has 0 heterocycles. The molecule has 1 unspecified atom stereocenters. The van der Waals surface area contributed by atoms with Crippen molar-refractivity contribution in [1.29, 1.82) is 0 Å². The van der Waals surface area contributed by atoms with E-state index in [4.69, 9.17) is 19.9 Å². The molecule has 0 bridgehead atoms. The number of nitrogens with two attached hydrogens (primary N) is 1. The highest BCUT2D eigenvalue weighted by Gasteiger charge is 2.44. The minimum atomic E-state index is -0.940. The van der Waals surface area contributed by atoms with Crippen molar-refractivity contribution in [3.05, 3.63) is 11.6 Å². The SMILES string of the molecule is COC([SiH3])(C=C(C)C(N)=O)C(C)(OC)OC. The van der Waals surface area contributed by atoms with Crippen LogP contribution in [0.1, 0.15) is 13.8 Å². The molecular formula is C10H21NO4Si. The van der Waals surface area contributed by atoms with Crippen molar-refractivity contribution in [2.24, 2.45) is 5.73 Å². The predicted molar refractivity (Wildman–Crippen MR) is 65.1 cm³/mol. The summed E-state index contributed by atoms with van der Waals surface area (Å²) in [7, 11) is 5.19. The summed E-state index contributed by atoms with van der Waals surface area (Å²) in [6.45, 7) is 3.40. The average molecular weight is 247 g/mol. The zero-order chi connectivity index (χ0) is 13.0. The van der Waals surface area contributed by atoms with Gasteiger partial charge in [-0.3, -0.25) is 4.79 Å². The highest BCUT2D eigenvalue weighted by molar-refractivity contribution is 6.17. The normalized spacial score (nSPS) is 17.2. The van der Waals surface area contributed by atoms with Gasteiger partial charge in [-0.25, -0.2) is 0 Å². The molecule has 2 N–H and O–H groups in total. The van der Waals surface area contributed by atoms with Crippen LogP contribution in [0.3, 0.4) is 0 Å². The van der Waals surface area contributed by atoms with Crippen LogP contribution in [0, 0.1) is 0 Å². The van der Waals surface area contributed by atoms with Crippen LogP contribution in [-0.4, -0.2) is 48.5 Å². The van der Waals surface area contributed by atoms with Crippen molar-refractivity contribution >= 4 is 16.1 Å². The Hall–Kier alpha value is -0.693. The summed E-state index contributed by atoms with van der Waals surface area (Å²) < 4.78 is 16.1. The van der Waals surface area contributed by atoms with Crippen LogP contribution in [0.5, 0.6) is 0 Å². The van der Waals surface area contributed by atoms with Crippen molar-refractivity contribution in [2.45, 2.75) is 24.9 Å². The Bertz CT molecular complexity index is 289. The van der Waals surface area contributed by atoms with Gasteiger partial charge in [-0.15, -0.1) is 0 Å². The molecule has 0 saturated heterocycles. The molecule has 0 aromatic carbocycles. The molecule has 16 heavy (non-hydrogen) atoms. The average Bonchev–Trinajstić information content (AvgIpc) is 2.27. The predicted octanol–water partition coefficient (Wildman–Crippen LogP) is -0.865. The molecule has 0 fully saturated rings. The molecule has 0 rings (SSSR count). The second-order valence-electron chi connectivity index (χ2n) is 3.86. The molecule has 0 spiro atoms. The Morgan fingerprint density at radius 2 is 1.69 bits per heavy atom. The number of hydrogen-bond acceptors (Lipinski definition) is 4. The van der Waals surface area contributed by atoms with Gasteiger partial charge in [-0.1, -0.05) is 0 Å². The molecule has 1 amide bonds. The lowest BCUT2D eigenvalue weighted by Gasteiger charge is -2.41. The Morgan fingerprint density at radius 3 is 1.94 bits per heavy atom. The lowest BCUT2D eigenvalue weighted by molar-refractivity contribution is -0.255. The van der Waals surface area contributed by atoms with E-state index in [0.29, 0.717) is 15.8 Å². The lowest BCUT2D eigenvalue weighted by atomic mass is 10.1. The number of ether oxygens (including phenoxy) is 3. The number of primary amides is 1. The van der Waals surface area contributed by atoms with Crippen LogP contribution in [0.2, 0.25) is 0 Å². The van der Waals surface area contributed by atoms with Gasteiger partial charge < -0.3 is 19.9 Å². The van der Waals surface area contributed by atoms with Gasteiger partial charge in [0.25, 0.3) is 0 Å². The van der Waals surface area contributed by atoms with Crippen LogP contribution in [-0.2, 0) is 19.0 Å². The van der Waals surface area contributed by atoms with Gasteiger partial charge in [-0.2, -0.15) is 0 Å². The van der Waals surface area contributed by atoms with Crippen molar-refractivity contribution in [2.75, 3.05) is 21.3 Å². The van der Waals surface area contributed by atoms with Gasteiger partial charge in [0.1, 0.15) is 5.22 Å². The first kappa shape index (κ1) is 15.3. The van der Waals surface area contributed by atoms with Gasteiger partial charge in [0.05, 0.1) is 10.2 Å². The maximum absolute atomic E-state index is 11.0. The van der Waals surface area contributed by atoms with Crippen molar-refractivity contribution in [1.82, 2.24) is 0 Å². The number of carbonyl (C=O) groups excluding carboxylic acids is 1. The summed E-state index contributed by atoms with van der Waals surface area (Å²) in [4.78, 5) is 11.0. The topological polar surface area (TPSA) is 70.8 Å². The number of amides is 1. The fraction of sp³-hybridized carbons (Fsp3) is 0.700. The smallest absolute Gasteiger partial charge is 0.244 e. The molecule has 0 aromatic heterocycles. The summed E-state index contributed by atoms with van der Waals surface area (Å²) >= 11 is 0. The maximum atomic E-state index is 11.0. The second-order valence-corrected chi connectivity index (χ2v) is 5.34. The number of rotatable bonds is 6. The zero-order valence-electron chi connectivity index (χ0n) is 10.8. The second kappa shape index (κ2) is 5.58. The van der Waals surface area contributed by atoms with Crippen LogP contribution < -0.4 is 5.73 Å². The van der Waals surface area contributed by atoms with E-state index < -0.39 is 16.9 Å². The van der Waals surface area contributed by atoms with Crippen LogP contribution in [0.4, 0.5) is 0 Å². The molecule has 0 saturated carbocycles. The molecular weight excluding hydrogens is 226 g/mol. The van der Waals surface area contributed by atoms with E-state index in [1.165, 1.54) is 14.2 Å². The summed E-state index contributed by atoms with van der Waals surface area (Å²) in [6.07, 6.45) is 1.66. The van der Waals surface area contributed by atoms with E-state index in [9.17, 15) is 4.79 Å². The number of hydrogen-bond donors (Lipinski definition) is 1. The van der Waals surface area contributed by atoms with Gasteiger partial charge in [0.2, 0.25) is 5.91 Å². The van der Waals surface area contributed by atoms with E-state index in [0.717, 1.165) is 0 Å². The molecule has 5 nitrogen and oxygen atoms in total. The Labute approximate surface area is 99.3 Å². The van der Waals surface area contributed by atoms with Gasteiger partial charge in [0, 0.05) is 26.9 Å². The highest BCUT2D eigenvalue weighted by atomic mass is 28.1. The van der Waals surface area contributed by atoms with E-state index in [-0.39, 0.29) is 0 Å². The minimum absolute atomic E-state index is 0.428. The molecule has 0 aliphatic heterocycles. The zero-order valence-corrected chi connectivity index (χ0v) is 12.8. The Morgan fingerprint density at radius 1 is 1.25 bits per heavy atom. The van der Waals surface area contributed by atoms with Crippen LogP contribution in [0.15, 0.2) is 11.6 Å². The third-order valence-corrected chi connectivity index (χ3v) is 4.59. The molecule has 0 aromatic rings. The molecule has 0 aliphatic rings. The number of carbonyl (C=O) groups is 1. The molecule has 6 heteroatoms. The minimum Gasteiger partial charge on any atom is -0.373 e. The van der Waals surface area contributed by atoms with Crippen LogP contribution in [0.25, 0.3) is 0 Å². The number of methoxy groups -OCH3 is 3. The Kier molecular flexibility index (Phi) is 5.34. The van der Waals surface area contributed by atoms with Crippen LogP contribution >= 0.6 is 0 Å². The van der Waals surface area contributed by atoms with Gasteiger partial charge in [0.15, 0.2) is 5.79 Å². The fourth-order valence-corrected chi connectivity index (χ4v) is 2.19. The first-order valence-corrected chi connectivity index (χ1v) is 5.91. The van der Waals surface area contributed by atoms with E-state index >= 15 is 0 Å². The first-order chi connectivity index (χ1) is 7.26.